The fraction of sp³-hybridized carbons (Fsp3) is 0.208. The topological polar surface area (TPSA) is 47.3 Å². The molecule has 0 aliphatic heterocycles. The fourth-order valence-corrected chi connectivity index (χ4v) is 3.51. The molecule has 4 aromatic rings. The molecule has 1 unspecified atom stereocenters. The first-order valence-corrected chi connectivity index (χ1v) is 9.57. The number of aliphatic hydroxyl groups is 1. The number of nitrogens with zero attached hydrogens (tertiary/aromatic N) is 2. The van der Waals surface area contributed by atoms with Crippen LogP contribution in [0.25, 0.3) is 11.0 Å². The summed E-state index contributed by atoms with van der Waals surface area (Å²) in [6, 6.07) is 28.6. The largest absolute Gasteiger partial charge is 0.389 e. The minimum Gasteiger partial charge on any atom is -0.389 e. The number of hydrogen-bond donors (Lipinski definition) is 1. The first-order valence-electron chi connectivity index (χ1n) is 9.57. The Balaban J connectivity index is 1.39. The fourth-order valence-electron chi connectivity index (χ4n) is 3.51. The number of rotatable bonds is 8. The summed E-state index contributed by atoms with van der Waals surface area (Å²) < 4.78 is 7.91. The van der Waals surface area contributed by atoms with E-state index < -0.39 is 6.10 Å². The van der Waals surface area contributed by atoms with E-state index in [1.54, 1.807) is 6.33 Å². The maximum atomic E-state index is 10.5. The molecule has 1 atom stereocenters. The van der Waals surface area contributed by atoms with E-state index in [0.717, 1.165) is 11.0 Å². The third-order valence-corrected chi connectivity index (χ3v) is 4.93. The molecule has 4 heteroatoms. The molecule has 0 aliphatic rings. The van der Waals surface area contributed by atoms with Gasteiger partial charge in [0.05, 0.1) is 43.2 Å². The average molecular weight is 372 g/mol. The predicted octanol–water partition coefficient (Wildman–Crippen LogP) is 4.25. The van der Waals surface area contributed by atoms with Crippen LogP contribution in [0, 0.1) is 0 Å². The summed E-state index contributed by atoms with van der Waals surface area (Å²) in [6.07, 6.45) is 1.18. The van der Waals surface area contributed by atoms with Gasteiger partial charge in [-0.15, -0.1) is 0 Å². The van der Waals surface area contributed by atoms with Crippen molar-refractivity contribution < 1.29 is 9.84 Å². The van der Waals surface area contributed by atoms with Crippen molar-refractivity contribution in [3.8, 4) is 0 Å². The molecule has 0 amide bonds. The van der Waals surface area contributed by atoms with Crippen LogP contribution in [-0.4, -0.2) is 34.0 Å². The SMILES string of the molecule is OC(COCC(c1ccccc1)c1ccccc1)Cn1cnc2ccccc21. The van der Waals surface area contributed by atoms with Crippen molar-refractivity contribution in [2.45, 2.75) is 18.6 Å². The highest BCUT2D eigenvalue weighted by Gasteiger charge is 2.15. The van der Waals surface area contributed by atoms with E-state index in [1.807, 2.05) is 65.2 Å². The van der Waals surface area contributed by atoms with Gasteiger partial charge < -0.3 is 14.4 Å². The van der Waals surface area contributed by atoms with Gasteiger partial charge in [0.1, 0.15) is 0 Å². The Kier molecular flexibility index (Phi) is 5.80. The predicted molar refractivity (Wildman–Crippen MR) is 111 cm³/mol. The number of imidazole rings is 1. The van der Waals surface area contributed by atoms with Crippen molar-refractivity contribution in [1.82, 2.24) is 9.55 Å². The number of fused-ring (bicyclic) bond motifs is 1. The van der Waals surface area contributed by atoms with Gasteiger partial charge in [-0.25, -0.2) is 4.98 Å². The molecule has 0 saturated heterocycles. The van der Waals surface area contributed by atoms with Crippen LogP contribution in [0.4, 0.5) is 0 Å². The zero-order valence-electron chi connectivity index (χ0n) is 15.7. The normalized spacial score (nSPS) is 12.5. The lowest BCUT2D eigenvalue weighted by molar-refractivity contribution is 0.0259. The molecule has 28 heavy (non-hydrogen) atoms. The molecule has 0 radical (unpaired) electrons. The standard InChI is InChI=1S/C24H24N2O2/c27-21(15-26-18-25-23-13-7-8-14-24(23)26)16-28-17-22(19-9-3-1-4-10-19)20-11-5-2-6-12-20/h1-14,18,21-22,27H,15-17H2. The van der Waals surface area contributed by atoms with E-state index in [1.165, 1.54) is 11.1 Å². The molecule has 0 saturated carbocycles. The molecule has 1 aromatic heterocycles. The zero-order chi connectivity index (χ0) is 19.2. The van der Waals surface area contributed by atoms with Gasteiger partial charge in [-0.3, -0.25) is 0 Å². The molecule has 1 N–H and O–H groups in total. The van der Waals surface area contributed by atoms with E-state index >= 15 is 0 Å². The summed E-state index contributed by atoms with van der Waals surface area (Å²) in [7, 11) is 0. The van der Waals surface area contributed by atoms with Gasteiger partial charge in [-0.1, -0.05) is 72.8 Å². The molecule has 0 spiro atoms. The highest BCUT2D eigenvalue weighted by Crippen LogP contribution is 2.25. The van der Waals surface area contributed by atoms with E-state index in [9.17, 15) is 5.11 Å². The smallest absolute Gasteiger partial charge is 0.0959 e. The third-order valence-electron chi connectivity index (χ3n) is 4.93. The summed E-state index contributed by atoms with van der Waals surface area (Å²) in [5, 5.41) is 10.5. The number of aliphatic hydroxyl groups excluding tert-OH is 1. The first-order chi connectivity index (χ1) is 13.8. The highest BCUT2D eigenvalue weighted by molar-refractivity contribution is 5.74. The summed E-state index contributed by atoms with van der Waals surface area (Å²) in [4.78, 5) is 4.37. The van der Waals surface area contributed by atoms with Crippen LogP contribution in [0.3, 0.4) is 0 Å². The lowest BCUT2D eigenvalue weighted by atomic mass is 9.92. The van der Waals surface area contributed by atoms with Gasteiger partial charge in [0, 0.05) is 5.92 Å². The van der Waals surface area contributed by atoms with Crippen molar-refractivity contribution in [2.75, 3.05) is 13.2 Å². The molecular formula is C24H24N2O2. The van der Waals surface area contributed by atoms with Crippen molar-refractivity contribution in [3.63, 3.8) is 0 Å². The van der Waals surface area contributed by atoms with E-state index in [-0.39, 0.29) is 12.5 Å². The van der Waals surface area contributed by atoms with Crippen LogP contribution in [0.2, 0.25) is 0 Å². The third kappa shape index (κ3) is 4.30. The van der Waals surface area contributed by atoms with Gasteiger partial charge in [0.25, 0.3) is 0 Å². The number of ether oxygens (including phenoxy) is 1. The number of para-hydroxylation sites is 2. The van der Waals surface area contributed by atoms with Crippen molar-refractivity contribution in [3.05, 3.63) is 102 Å². The van der Waals surface area contributed by atoms with Gasteiger partial charge >= 0.3 is 0 Å². The molecule has 0 bridgehead atoms. The summed E-state index contributed by atoms with van der Waals surface area (Å²) in [5.74, 6) is 0.142. The molecule has 3 aromatic carbocycles. The summed E-state index contributed by atoms with van der Waals surface area (Å²) in [6.45, 7) is 1.26. The molecular weight excluding hydrogens is 348 g/mol. The maximum Gasteiger partial charge on any atom is 0.0959 e. The van der Waals surface area contributed by atoms with Crippen LogP contribution >= 0.6 is 0 Å². The quantitative estimate of drug-likeness (QED) is 0.503. The summed E-state index contributed by atoms with van der Waals surface area (Å²) >= 11 is 0. The molecule has 142 valence electrons. The van der Waals surface area contributed by atoms with Crippen LogP contribution in [-0.2, 0) is 11.3 Å². The molecule has 4 nitrogen and oxygen atoms in total. The second-order valence-electron chi connectivity index (χ2n) is 6.95. The maximum absolute atomic E-state index is 10.5. The molecule has 0 aliphatic carbocycles. The number of benzene rings is 3. The Hall–Kier alpha value is -2.95. The molecule has 1 heterocycles. The minimum atomic E-state index is -0.593. The average Bonchev–Trinajstić information content (AvgIpc) is 3.15. The van der Waals surface area contributed by atoms with Gasteiger partial charge in [0.15, 0.2) is 0 Å². The highest BCUT2D eigenvalue weighted by atomic mass is 16.5. The lowest BCUT2D eigenvalue weighted by Crippen LogP contribution is -2.23. The Morgan fingerprint density at radius 1 is 0.786 bits per heavy atom. The monoisotopic (exact) mass is 372 g/mol. The second-order valence-corrected chi connectivity index (χ2v) is 6.95. The van der Waals surface area contributed by atoms with Crippen LogP contribution in [0.15, 0.2) is 91.3 Å². The minimum absolute atomic E-state index is 0.142. The zero-order valence-corrected chi connectivity index (χ0v) is 15.7. The van der Waals surface area contributed by atoms with E-state index in [0.29, 0.717) is 13.2 Å². The van der Waals surface area contributed by atoms with Crippen molar-refractivity contribution in [2.24, 2.45) is 0 Å². The van der Waals surface area contributed by atoms with Crippen LogP contribution in [0.5, 0.6) is 0 Å². The van der Waals surface area contributed by atoms with Gasteiger partial charge in [0.2, 0.25) is 0 Å². The van der Waals surface area contributed by atoms with E-state index in [4.69, 9.17) is 4.74 Å². The molecule has 4 rings (SSSR count). The van der Waals surface area contributed by atoms with E-state index in [2.05, 4.69) is 29.2 Å². The lowest BCUT2D eigenvalue weighted by Gasteiger charge is -2.20. The Labute approximate surface area is 165 Å². The Bertz CT molecular complexity index is 959. The van der Waals surface area contributed by atoms with Crippen LogP contribution in [0.1, 0.15) is 17.0 Å². The summed E-state index contributed by atoms with van der Waals surface area (Å²) in [5.41, 5.74) is 4.38. The van der Waals surface area contributed by atoms with Gasteiger partial charge in [-0.2, -0.15) is 0 Å². The number of aromatic nitrogens is 2. The molecule has 0 fully saturated rings. The van der Waals surface area contributed by atoms with Crippen molar-refractivity contribution >= 4 is 11.0 Å². The number of hydrogen-bond acceptors (Lipinski definition) is 3. The second kappa shape index (κ2) is 8.83. The first kappa shape index (κ1) is 18.4. The van der Waals surface area contributed by atoms with Crippen LogP contribution < -0.4 is 0 Å². The van der Waals surface area contributed by atoms with Crippen molar-refractivity contribution in [1.29, 1.82) is 0 Å². The Morgan fingerprint density at radius 3 is 2.07 bits per heavy atom. The van der Waals surface area contributed by atoms with Gasteiger partial charge in [-0.05, 0) is 23.3 Å². The Morgan fingerprint density at radius 2 is 1.39 bits per heavy atom.